The lowest BCUT2D eigenvalue weighted by atomic mass is 10.1. The van der Waals surface area contributed by atoms with Crippen molar-refractivity contribution in [1.29, 1.82) is 0 Å². The zero-order valence-electron chi connectivity index (χ0n) is 10.3. The summed E-state index contributed by atoms with van der Waals surface area (Å²) in [5, 5.41) is 0. The Hall–Kier alpha value is -0.940. The smallest absolute Gasteiger partial charge is 0.239 e. The van der Waals surface area contributed by atoms with E-state index < -0.39 is 6.04 Å². The fourth-order valence-electron chi connectivity index (χ4n) is 2.33. The van der Waals surface area contributed by atoms with Gasteiger partial charge in [0.25, 0.3) is 0 Å². The molecule has 98 valence electrons. The van der Waals surface area contributed by atoms with Gasteiger partial charge in [0.2, 0.25) is 5.91 Å². The molecule has 2 unspecified atom stereocenters. The monoisotopic (exact) mass is 241 g/mol. The lowest BCUT2D eigenvalue weighted by Crippen LogP contribution is -2.46. The highest BCUT2D eigenvalue weighted by Crippen LogP contribution is 2.20. The van der Waals surface area contributed by atoms with Crippen molar-refractivity contribution in [3.8, 4) is 0 Å². The van der Waals surface area contributed by atoms with Crippen LogP contribution in [0.3, 0.4) is 0 Å². The second kappa shape index (κ2) is 7.40. The number of carbonyl (C=O) groups is 2. The van der Waals surface area contributed by atoms with Crippen LogP contribution in [0.4, 0.5) is 0 Å². The van der Waals surface area contributed by atoms with E-state index in [1.54, 1.807) is 4.90 Å². The predicted octanol–water partition coefficient (Wildman–Crippen LogP) is 0.0227. The summed E-state index contributed by atoms with van der Waals surface area (Å²) in [6.45, 7) is 1.38. The molecule has 2 atom stereocenters. The molecule has 0 radical (unpaired) electrons. The molecule has 0 saturated carbocycles. The number of nitrogens with two attached hydrogens (primary N) is 2. The van der Waals surface area contributed by atoms with Crippen LogP contribution >= 0.6 is 0 Å². The third kappa shape index (κ3) is 4.09. The molecule has 0 aromatic carbocycles. The van der Waals surface area contributed by atoms with Gasteiger partial charge in [-0.1, -0.05) is 6.42 Å². The number of rotatable bonds is 7. The van der Waals surface area contributed by atoms with Crippen molar-refractivity contribution in [2.75, 3.05) is 13.1 Å². The maximum Gasteiger partial charge on any atom is 0.239 e. The third-order valence-corrected chi connectivity index (χ3v) is 3.31. The standard InChI is InChI=1S/C12H23N3O2/c13-7-2-1-5-11(14)12(17)15-8-3-4-10(15)6-9-16/h9-11H,1-8,13-14H2. The fourth-order valence-corrected chi connectivity index (χ4v) is 2.33. The van der Waals surface area contributed by atoms with Crippen LogP contribution in [0, 0.1) is 0 Å². The van der Waals surface area contributed by atoms with Gasteiger partial charge in [-0.3, -0.25) is 4.79 Å². The van der Waals surface area contributed by atoms with Crippen LogP contribution in [-0.4, -0.2) is 42.3 Å². The number of likely N-dealkylation sites (tertiary alicyclic amines) is 1. The molecule has 4 N–H and O–H groups in total. The molecule has 5 nitrogen and oxygen atoms in total. The van der Waals surface area contributed by atoms with Crippen molar-refractivity contribution in [3.63, 3.8) is 0 Å². The Labute approximate surface area is 103 Å². The molecule has 0 spiro atoms. The first-order chi connectivity index (χ1) is 8.20. The number of carbonyl (C=O) groups excluding carboxylic acids is 2. The van der Waals surface area contributed by atoms with Gasteiger partial charge >= 0.3 is 0 Å². The molecule has 1 rings (SSSR count). The molecule has 0 aromatic rings. The lowest BCUT2D eigenvalue weighted by Gasteiger charge is -2.26. The maximum atomic E-state index is 12.1. The minimum atomic E-state index is -0.436. The Bertz CT molecular complexity index is 258. The predicted molar refractivity (Wildman–Crippen MR) is 66.3 cm³/mol. The number of nitrogens with zero attached hydrogens (tertiary/aromatic N) is 1. The lowest BCUT2D eigenvalue weighted by molar-refractivity contribution is -0.133. The van der Waals surface area contributed by atoms with E-state index in [9.17, 15) is 9.59 Å². The summed E-state index contributed by atoms with van der Waals surface area (Å²) < 4.78 is 0. The van der Waals surface area contributed by atoms with Gasteiger partial charge < -0.3 is 21.2 Å². The minimum absolute atomic E-state index is 0.00799. The first kappa shape index (κ1) is 14.1. The van der Waals surface area contributed by atoms with Gasteiger partial charge in [0.1, 0.15) is 6.29 Å². The SMILES string of the molecule is NCCCCC(N)C(=O)N1CCCC1CC=O. The first-order valence-corrected chi connectivity index (χ1v) is 6.40. The molecule has 1 aliphatic heterocycles. The van der Waals surface area contributed by atoms with Crippen molar-refractivity contribution < 1.29 is 9.59 Å². The highest BCUT2D eigenvalue weighted by Gasteiger charge is 2.30. The highest BCUT2D eigenvalue weighted by molar-refractivity contribution is 5.82. The van der Waals surface area contributed by atoms with E-state index in [0.29, 0.717) is 19.4 Å². The summed E-state index contributed by atoms with van der Waals surface area (Å²) in [5.41, 5.74) is 11.3. The second-order valence-electron chi connectivity index (χ2n) is 4.62. The van der Waals surface area contributed by atoms with Crippen molar-refractivity contribution in [2.24, 2.45) is 11.5 Å². The van der Waals surface area contributed by atoms with Gasteiger partial charge in [-0.05, 0) is 32.2 Å². The second-order valence-corrected chi connectivity index (χ2v) is 4.62. The Morgan fingerprint density at radius 2 is 2.24 bits per heavy atom. The van der Waals surface area contributed by atoms with E-state index in [1.807, 2.05) is 0 Å². The van der Waals surface area contributed by atoms with Gasteiger partial charge in [-0.2, -0.15) is 0 Å². The largest absolute Gasteiger partial charge is 0.338 e. The minimum Gasteiger partial charge on any atom is -0.338 e. The summed E-state index contributed by atoms with van der Waals surface area (Å²) >= 11 is 0. The molecule has 17 heavy (non-hydrogen) atoms. The molecule has 1 saturated heterocycles. The molecular formula is C12H23N3O2. The van der Waals surface area contributed by atoms with E-state index in [2.05, 4.69) is 0 Å². The van der Waals surface area contributed by atoms with Gasteiger partial charge in [-0.25, -0.2) is 0 Å². The van der Waals surface area contributed by atoms with Crippen LogP contribution in [0.1, 0.15) is 38.5 Å². The average molecular weight is 241 g/mol. The summed E-state index contributed by atoms with van der Waals surface area (Å²) in [5.74, 6) is -0.00799. The normalized spacial score (nSPS) is 21.5. The Morgan fingerprint density at radius 1 is 1.47 bits per heavy atom. The zero-order chi connectivity index (χ0) is 12.7. The number of aldehydes is 1. The fraction of sp³-hybridized carbons (Fsp3) is 0.833. The van der Waals surface area contributed by atoms with E-state index in [4.69, 9.17) is 11.5 Å². The number of hydrogen-bond acceptors (Lipinski definition) is 4. The maximum absolute atomic E-state index is 12.1. The summed E-state index contributed by atoms with van der Waals surface area (Å²) in [7, 11) is 0. The van der Waals surface area contributed by atoms with Gasteiger partial charge in [0.15, 0.2) is 0 Å². The van der Waals surface area contributed by atoms with Crippen molar-refractivity contribution >= 4 is 12.2 Å². The van der Waals surface area contributed by atoms with Crippen molar-refractivity contribution in [2.45, 2.75) is 50.6 Å². The number of hydrogen-bond donors (Lipinski definition) is 2. The van der Waals surface area contributed by atoms with Gasteiger partial charge in [-0.15, -0.1) is 0 Å². The number of unbranched alkanes of at least 4 members (excludes halogenated alkanes) is 1. The van der Waals surface area contributed by atoms with Gasteiger partial charge in [0.05, 0.1) is 6.04 Å². The topological polar surface area (TPSA) is 89.4 Å². The van der Waals surface area contributed by atoms with Crippen LogP contribution in [0.5, 0.6) is 0 Å². The van der Waals surface area contributed by atoms with Crippen LogP contribution < -0.4 is 11.5 Å². The molecule has 1 fully saturated rings. The van der Waals surface area contributed by atoms with E-state index in [1.165, 1.54) is 0 Å². The molecule has 1 heterocycles. The average Bonchev–Trinajstić information content (AvgIpc) is 2.77. The third-order valence-electron chi connectivity index (χ3n) is 3.31. The summed E-state index contributed by atoms with van der Waals surface area (Å²) in [4.78, 5) is 24.4. The van der Waals surface area contributed by atoms with Crippen LogP contribution in [0.15, 0.2) is 0 Å². The molecule has 0 bridgehead atoms. The van der Waals surface area contributed by atoms with E-state index >= 15 is 0 Å². The highest BCUT2D eigenvalue weighted by atomic mass is 16.2. The van der Waals surface area contributed by atoms with Crippen LogP contribution in [0.2, 0.25) is 0 Å². The summed E-state index contributed by atoms with van der Waals surface area (Å²) in [6.07, 6.45) is 5.67. The first-order valence-electron chi connectivity index (χ1n) is 6.40. The van der Waals surface area contributed by atoms with E-state index in [-0.39, 0.29) is 11.9 Å². The molecule has 1 amide bonds. The van der Waals surface area contributed by atoms with Crippen molar-refractivity contribution in [3.05, 3.63) is 0 Å². The Kier molecular flexibility index (Phi) is 6.15. The van der Waals surface area contributed by atoms with Crippen LogP contribution in [0.25, 0.3) is 0 Å². The quantitative estimate of drug-likeness (QED) is 0.486. The van der Waals surface area contributed by atoms with Gasteiger partial charge in [0, 0.05) is 19.0 Å². The Morgan fingerprint density at radius 3 is 2.88 bits per heavy atom. The van der Waals surface area contributed by atoms with E-state index in [0.717, 1.165) is 38.5 Å². The molecule has 0 aromatic heterocycles. The Balaban J connectivity index is 2.41. The zero-order valence-corrected chi connectivity index (χ0v) is 10.3. The summed E-state index contributed by atoms with van der Waals surface area (Å²) in [6, 6.07) is -0.366. The molecule has 0 aliphatic carbocycles. The van der Waals surface area contributed by atoms with Crippen LogP contribution in [-0.2, 0) is 9.59 Å². The van der Waals surface area contributed by atoms with Crippen molar-refractivity contribution in [1.82, 2.24) is 4.90 Å². The number of amides is 1. The molecular weight excluding hydrogens is 218 g/mol. The molecule has 5 heteroatoms. The molecule has 1 aliphatic rings.